The Balaban J connectivity index is 1.80. The monoisotopic (exact) mass is 274 g/mol. The fourth-order valence-corrected chi connectivity index (χ4v) is 1.90. The number of aryl methyl sites for hydroxylation is 2. The fraction of sp³-hybridized carbons (Fsp3) is 0.333. The number of hydrogen-bond donors (Lipinski definition) is 1. The van der Waals surface area contributed by atoms with Gasteiger partial charge in [0.15, 0.2) is 5.89 Å². The predicted octanol–water partition coefficient (Wildman–Crippen LogP) is 2.24. The zero-order chi connectivity index (χ0) is 14.4. The number of para-hydroxylation sites is 1. The topological polar surface area (TPSA) is 64.4 Å². The third-order valence-electron chi connectivity index (χ3n) is 2.94. The smallest absolute Gasteiger partial charge is 0.220 e. The number of carbonyl (C=O) groups is 1. The molecule has 1 aromatic heterocycles. The first-order valence-electron chi connectivity index (χ1n) is 6.48. The minimum absolute atomic E-state index is 0.0171. The lowest BCUT2D eigenvalue weighted by Gasteiger charge is -2.09. The Bertz CT molecular complexity index is 578. The van der Waals surface area contributed by atoms with Crippen LogP contribution in [0.1, 0.15) is 23.6 Å². The molecular weight excluding hydrogens is 256 g/mol. The van der Waals surface area contributed by atoms with E-state index in [-0.39, 0.29) is 5.91 Å². The molecule has 0 fully saturated rings. The number of carbonyl (C=O) groups excluding carboxylic acids is 1. The molecule has 1 N–H and O–H groups in total. The lowest BCUT2D eigenvalue weighted by atomic mass is 10.2. The normalized spacial score (nSPS) is 10.3. The minimum atomic E-state index is -0.0171. The molecule has 2 aromatic rings. The van der Waals surface area contributed by atoms with E-state index in [1.165, 1.54) is 0 Å². The lowest BCUT2D eigenvalue weighted by molar-refractivity contribution is -0.121. The first-order chi connectivity index (χ1) is 9.69. The van der Waals surface area contributed by atoms with Gasteiger partial charge in [-0.1, -0.05) is 18.2 Å². The summed E-state index contributed by atoms with van der Waals surface area (Å²) in [6, 6.07) is 7.62. The maximum Gasteiger partial charge on any atom is 0.220 e. The number of aromatic nitrogens is 1. The SMILES string of the molecule is COc1ccccc1CNC(=O)CCc1coc(C)n1. The highest BCUT2D eigenvalue weighted by molar-refractivity contribution is 5.76. The zero-order valence-electron chi connectivity index (χ0n) is 11.7. The van der Waals surface area contributed by atoms with Crippen molar-refractivity contribution in [3.05, 3.63) is 47.7 Å². The summed E-state index contributed by atoms with van der Waals surface area (Å²) in [5.41, 5.74) is 1.76. The standard InChI is InChI=1S/C15H18N2O3/c1-11-17-13(10-20-11)7-8-15(18)16-9-12-5-3-4-6-14(12)19-2/h3-6,10H,7-9H2,1-2H3,(H,16,18). The van der Waals surface area contributed by atoms with E-state index in [1.807, 2.05) is 24.3 Å². The van der Waals surface area contributed by atoms with E-state index in [9.17, 15) is 4.79 Å². The van der Waals surface area contributed by atoms with Crippen molar-refractivity contribution in [2.24, 2.45) is 0 Å². The van der Waals surface area contributed by atoms with Crippen LogP contribution in [0.15, 0.2) is 34.9 Å². The maximum atomic E-state index is 11.8. The zero-order valence-corrected chi connectivity index (χ0v) is 11.7. The summed E-state index contributed by atoms with van der Waals surface area (Å²) in [4.78, 5) is 15.9. The first kappa shape index (κ1) is 14.1. The van der Waals surface area contributed by atoms with Gasteiger partial charge in [0, 0.05) is 31.9 Å². The number of nitrogens with one attached hydrogen (secondary N) is 1. The van der Waals surface area contributed by atoms with Gasteiger partial charge in [0.05, 0.1) is 12.8 Å². The molecule has 1 aromatic carbocycles. The van der Waals surface area contributed by atoms with Crippen LogP contribution < -0.4 is 10.1 Å². The molecule has 0 saturated carbocycles. The van der Waals surface area contributed by atoms with Crippen LogP contribution in [0.2, 0.25) is 0 Å². The molecule has 5 heteroatoms. The Hall–Kier alpha value is -2.30. The molecule has 0 bridgehead atoms. The quantitative estimate of drug-likeness (QED) is 0.877. The van der Waals surface area contributed by atoms with E-state index in [0.717, 1.165) is 17.0 Å². The number of oxazole rings is 1. The van der Waals surface area contributed by atoms with E-state index >= 15 is 0 Å². The Labute approximate surface area is 118 Å². The number of hydrogen-bond acceptors (Lipinski definition) is 4. The van der Waals surface area contributed by atoms with Crippen molar-refractivity contribution in [3.8, 4) is 5.75 Å². The summed E-state index contributed by atoms with van der Waals surface area (Å²) in [6.07, 6.45) is 2.55. The second kappa shape index (κ2) is 6.75. The van der Waals surface area contributed by atoms with Crippen LogP contribution >= 0.6 is 0 Å². The molecule has 0 saturated heterocycles. The van der Waals surface area contributed by atoms with Crippen LogP contribution in [0, 0.1) is 6.92 Å². The van der Waals surface area contributed by atoms with Crippen molar-refractivity contribution in [1.29, 1.82) is 0 Å². The van der Waals surface area contributed by atoms with Gasteiger partial charge in [-0.3, -0.25) is 4.79 Å². The van der Waals surface area contributed by atoms with Crippen LogP contribution in [0.3, 0.4) is 0 Å². The molecule has 1 heterocycles. The molecule has 0 aliphatic carbocycles. The van der Waals surface area contributed by atoms with Gasteiger partial charge >= 0.3 is 0 Å². The Morgan fingerprint density at radius 2 is 2.20 bits per heavy atom. The molecule has 0 radical (unpaired) electrons. The lowest BCUT2D eigenvalue weighted by Crippen LogP contribution is -2.23. The summed E-state index contributed by atoms with van der Waals surface area (Å²) in [7, 11) is 1.62. The highest BCUT2D eigenvalue weighted by atomic mass is 16.5. The van der Waals surface area contributed by atoms with Crippen molar-refractivity contribution < 1.29 is 13.9 Å². The number of rotatable bonds is 6. The number of nitrogens with zero attached hydrogens (tertiary/aromatic N) is 1. The van der Waals surface area contributed by atoms with Crippen molar-refractivity contribution in [3.63, 3.8) is 0 Å². The molecule has 1 amide bonds. The molecule has 0 aliphatic rings. The van der Waals surface area contributed by atoms with Gasteiger partial charge in [-0.2, -0.15) is 0 Å². The van der Waals surface area contributed by atoms with Gasteiger partial charge in [0.25, 0.3) is 0 Å². The average Bonchev–Trinajstić information content (AvgIpc) is 2.89. The fourth-order valence-electron chi connectivity index (χ4n) is 1.90. The van der Waals surface area contributed by atoms with Crippen molar-refractivity contribution >= 4 is 5.91 Å². The highest BCUT2D eigenvalue weighted by Crippen LogP contribution is 2.16. The van der Waals surface area contributed by atoms with Crippen LogP contribution in [-0.2, 0) is 17.8 Å². The van der Waals surface area contributed by atoms with Crippen LogP contribution in [0.25, 0.3) is 0 Å². The van der Waals surface area contributed by atoms with Gasteiger partial charge in [-0.25, -0.2) is 4.98 Å². The summed E-state index contributed by atoms with van der Waals surface area (Å²) in [5.74, 6) is 1.38. The molecule has 106 valence electrons. The van der Waals surface area contributed by atoms with E-state index in [4.69, 9.17) is 9.15 Å². The van der Waals surface area contributed by atoms with Gasteiger partial charge in [0.2, 0.25) is 5.91 Å². The van der Waals surface area contributed by atoms with Crippen LogP contribution in [-0.4, -0.2) is 18.0 Å². The molecule has 0 aliphatic heterocycles. The summed E-state index contributed by atoms with van der Waals surface area (Å²) in [5, 5.41) is 2.87. The molecule has 0 spiro atoms. The molecule has 20 heavy (non-hydrogen) atoms. The second-order valence-electron chi connectivity index (χ2n) is 4.45. The van der Waals surface area contributed by atoms with Crippen molar-refractivity contribution in [1.82, 2.24) is 10.3 Å². The predicted molar refractivity (Wildman–Crippen MR) is 74.4 cm³/mol. The van der Waals surface area contributed by atoms with Gasteiger partial charge in [-0.05, 0) is 6.07 Å². The molecule has 0 unspecified atom stereocenters. The molecule has 2 rings (SSSR count). The summed E-state index contributed by atoms with van der Waals surface area (Å²) in [6.45, 7) is 2.24. The molecule has 5 nitrogen and oxygen atoms in total. The number of methoxy groups -OCH3 is 1. The number of benzene rings is 1. The number of amides is 1. The highest BCUT2D eigenvalue weighted by Gasteiger charge is 2.07. The van der Waals surface area contributed by atoms with Gasteiger partial charge in [0.1, 0.15) is 12.0 Å². The third-order valence-corrected chi connectivity index (χ3v) is 2.94. The number of ether oxygens (including phenoxy) is 1. The Morgan fingerprint density at radius 3 is 2.90 bits per heavy atom. The van der Waals surface area contributed by atoms with E-state index in [1.54, 1.807) is 20.3 Å². The first-order valence-corrected chi connectivity index (χ1v) is 6.48. The van der Waals surface area contributed by atoms with Crippen LogP contribution in [0.5, 0.6) is 5.75 Å². The van der Waals surface area contributed by atoms with E-state index in [2.05, 4.69) is 10.3 Å². The molecule has 0 atom stereocenters. The second-order valence-corrected chi connectivity index (χ2v) is 4.45. The van der Waals surface area contributed by atoms with Gasteiger partial charge in [-0.15, -0.1) is 0 Å². The van der Waals surface area contributed by atoms with Gasteiger partial charge < -0.3 is 14.5 Å². The largest absolute Gasteiger partial charge is 0.496 e. The van der Waals surface area contributed by atoms with Crippen molar-refractivity contribution in [2.75, 3.05) is 7.11 Å². The van der Waals surface area contributed by atoms with Crippen LogP contribution in [0.4, 0.5) is 0 Å². The van der Waals surface area contributed by atoms with Crippen molar-refractivity contribution in [2.45, 2.75) is 26.3 Å². The average molecular weight is 274 g/mol. The summed E-state index contributed by atoms with van der Waals surface area (Å²) < 4.78 is 10.3. The Kier molecular flexibility index (Phi) is 4.76. The summed E-state index contributed by atoms with van der Waals surface area (Å²) >= 11 is 0. The third kappa shape index (κ3) is 3.85. The maximum absolute atomic E-state index is 11.8. The minimum Gasteiger partial charge on any atom is -0.496 e. The van der Waals surface area contributed by atoms with E-state index in [0.29, 0.717) is 25.3 Å². The Morgan fingerprint density at radius 1 is 1.40 bits per heavy atom. The molecular formula is C15H18N2O3. The van der Waals surface area contributed by atoms with E-state index < -0.39 is 0 Å².